The Balaban J connectivity index is 2.25. The van der Waals surface area contributed by atoms with E-state index in [-0.39, 0.29) is 23.1 Å². The van der Waals surface area contributed by atoms with Gasteiger partial charge in [-0.2, -0.15) is 4.31 Å². The summed E-state index contributed by atoms with van der Waals surface area (Å²) in [5.41, 5.74) is 0.875. The number of sulfonamides is 1. The number of aryl methyl sites for hydroxylation is 1. The molecule has 27 heavy (non-hydrogen) atoms. The van der Waals surface area contributed by atoms with E-state index in [4.69, 9.17) is 4.74 Å². The van der Waals surface area contributed by atoms with Gasteiger partial charge in [0, 0.05) is 25.3 Å². The number of nitrogens with one attached hydrogen (secondary N) is 1. The van der Waals surface area contributed by atoms with Gasteiger partial charge in [-0.3, -0.25) is 0 Å². The van der Waals surface area contributed by atoms with Crippen LogP contribution in [0.1, 0.15) is 40.2 Å². The number of ether oxygens (including phenoxy) is 1. The average Bonchev–Trinajstić information content (AvgIpc) is 2.53. The lowest BCUT2D eigenvalue weighted by atomic mass is 10.1. The van der Waals surface area contributed by atoms with E-state index < -0.39 is 15.6 Å². The molecule has 0 radical (unpaired) electrons. The minimum atomic E-state index is -3.62. The maximum atomic E-state index is 12.8. The monoisotopic (exact) mass is 397 g/mol. The van der Waals surface area contributed by atoms with Gasteiger partial charge in [-0.1, -0.05) is 6.07 Å². The van der Waals surface area contributed by atoms with Gasteiger partial charge in [0.25, 0.3) is 0 Å². The molecule has 7 nitrogen and oxygen atoms in total. The molecular formula is C19H31N3O4S. The summed E-state index contributed by atoms with van der Waals surface area (Å²) in [6, 6.07) is 4.39. The quantitative estimate of drug-likeness (QED) is 0.847. The van der Waals surface area contributed by atoms with Gasteiger partial charge in [0.2, 0.25) is 10.0 Å². The highest BCUT2D eigenvalue weighted by atomic mass is 32.2. The normalized spacial score (nSPS) is 20.2. The van der Waals surface area contributed by atoms with Crippen LogP contribution in [0.25, 0.3) is 0 Å². The SMILES string of the molecule is Cc1ccc(S(=O)(=O)N(C)C(C)C)cc1NC(=O)N1CC(C)OC(C)(C)C1. The third-order valence-electron chi connectivity index (χ3n) is 4.71. The number of morpholine rings is 1. The third-order valence-corrected chi connectivity index (χ3v) is 6.74. The lowest BCUT2D eigenvalue weighted by molar-refractivity contribution is -0.116. The van der Waals surface area contributed by atoms with Gasteiger partial charge in [0.15, 0.2) is 0 Å². The number of anilines is 1. The molecule has 1 saturated heterocycles. The maximum Gasteiger partial charge on any atom is 0.322 e. The zero-order valence-corrected chi connectivity index (χ0v) is 18.1. The van der Waals surface area contributed by atoms with Gasteiger partial charge in [-0.15, -0.1) is 0 Å². The largest absolute Gasteiger partial charge is 0.369 e. The van der Waals surface area contributed by atoms with Gasteiger partial charge >= 0.3 is 6.03 Å². The predicted molar refractivity (Wildman–Crippen MR) is 106 cm³/mol. The van der Waals surface area contributed by atoms with Crippen molar-refractivity contribution in [2.75, 3.05) is 25.5 Å². The summed E-state index contributed by atoms with van der Waals surface area (Å²) in [7, 11) is -2.07. The Morgan fingerprint density at radius 2 is 2.00 bits per heavy atom. The highest BCUT2D eigenvalue weighted by Crippen LogP contribution is 2.25. The Labute approximate surface area is 162 Å². The van der Waals surface area contributed by atoms with E-state index in [1.807, 2.05) is 41.5 Å². The summed E-state index contributed by atoms with van der Waals surface area (Å²) >= 11 is 0. The van der Waals surface area contributed by atoms with Crippen LogP contribution in [0.3, 0.4) is 0 Å². The van der Waals surface area contributed by atoms with E-state index in [0.29, 0.717) is 18.8 Å². The second-order valence-corrected chi connectivity index (χ2v) is 10.1. The molecule has 152 valence electrons. The van der Waals surface area contributed by atoms with E-state index >= 15 is 0 Å². The van der Waals surface area contributed by atoms with Crippen LogP contribution in [0.5, 0.6) is 0 Å². The standard InChI is InChI=1S/C19H31N3O4S/c1-13(2)21(7)27(24,25)16-9-8-14(3)17(10-16)20-18(23)22-11-15(4)26-19(5,6)12-22/h8-10,13,15H,11-12H2,1-7H3,(H,20,23). The Kier molecular flexibility index (Phi) is 6.23. The van der Waals surface area contributed by atoms with Crippen molar-refractivity contribution < 1.29 is 17.9 Å². The summed E-state index contributed by atoms with van der Waals surface area (Å²) in [6.45, 7) is 12.3. The molecule has 1 N–H and O–H groups in total. The predicted octanol–water partition coefficient (Wildman–Crippen LogP) is 3.06. The Morgan fingerprint density at radius 3 is 2.56 bits per heavy atom. The minimum Gasteiger partial charge on any atom is -0.369 e. The maximum absolute atomic E-state index is 12.8. The molecule has 1 fully saturated rings. The first kappa shape index (κ1) is 21.7. The van der Waals surface area contributed by atoms with E-state index in [1.54, 1.807) is 24.1 Å². The number of carbonyl (C=O) groups excluding carboxylic acids is 1. The third kappa shape index (κ3) is 5.00. The first-order valence-corrected chi connectivity index (χ1v) is 10.6. The van der Waals surface area contributed by atoms with Crippen LogP contribution in [-0.2, 0) is 14.8 Å². The molecule has 0 spiro atoms. The van der Waals surface area contributed by atoms with Gasteiger partial charge in [-0.25, -0.2) is 13.2 Å². The minimum absolute atomic E-state index is 0.0630. The first-order chi connectivity index (χ1) is 12.3. The molecule has 1 aliphatic heterocycles. The Morgan fingerprint density at radius 1 is 1.37 bits per heavy atom. The van der Waals surface area contributed by atoms with Gasteiger partial charge in [0.05, 0.1) is 23.1 Å². The number of amides is 2. The van der Waals surface area contributed by atoms with Crippen LogP contribution >= 0.6 is 0 Å². The van der Waals surface area contributed by atoms with E-state index in [0.717, 1.165) is 5.56 Å². The number of hydrogen-bond acceptors (Lipinski definition) is 4. The summed E-state index contributed by atoms with van der Waals surface area (Å²) in [5, 5.41) is 2.87. The number of rotatable bonds is 4. The van der Waals surface area contributed by atoms with E-state index in [9.17, 15) is 13.2 Å². The van der Waals surface area contributed by atoms with Crippen LogP contribution in [0, 0.1) is 6.92 Å². The van der Waals surface area contributed by atoms with Crippen molar-refractivity contribution in [1.29, 1.82) is 0 Å². The molecule has 1 aromatic rings. The van der Waals surface area contributed by atoms with Gasteiger partial charge < -0.3 is 15.0 Å². The molecule has 0 bridgehead atoms. The summed E-state index contributed by atoms with van der Waals surface area (Å²) in [5.74, 6) is 0. The summed E-state index contributed by atoms with van der Waals surface area (Å²) in [6.07, 6.45) is -0.0630. The molecule has 1 aromatic carbocycles. The number of urea groups is 1. The van der Waals surface area contributed by atoms with Crippen molar-refractivity contribution in [3.63, 3.8) is 0 Å². The van der Waals surface area contributed by atoms with E-state index in [2.05, 4.69) is 5.32 Å². The molecule has 8 heteroatoms. The van der Waals surface area contributed by atoms with Gasteiger partial charge in [0.1, 0.15) is 0 Å². The second-order valence-electron chi connectivity index (χ2n) is 8.09. The Hall–Kier alpha value is -1.64. The van der Waals surface area contributed by atoms with E-state index in [1.165, 1.54) is 10.4 Å². The van der Waals surface area contributed by atoms with Crippen LogP contribution in [0.4, 0.5) is 10.5 Å². The molecule has 0 aliphatic carbocycles. The first-order valence-electron chi connectivity index (χ1n) is 9.16. The fourth-order valence-corrected chi connectivity index (χ4v) is 4.54. The van der Waals surface area contributed by atoms with Crippen LogP contribution < -0.4 is 5.32 Å². The van der Waals surface area contributed by atoms with Crippen LogP contribution in [0.15, 0.2) is 23.1 Å². The highest BCUT2D eigenvalue weighted by Gasteiger charge is 2.34. The fourth-order valence-electron chi connectivity index (χ4n) is 3.14. The number of carbonyl (C=O) groups is 1. The number of benzene rings is 1. The van der Waals surface area contributed by atoms with Crippen molar-refractivity contribution >= 4 is 21.7 Å². The lowest BCUT2D eigenvalue weighted by Crippen LogP contribution is -2.54. The Bertz CT molecular complexity index is 805. The zero-order valence-electron chi connectivity index (χ0n) is 17.2. The molecule has 2 rings (SSSR count). The van der Waals surface area contributed by atoms with Crippen LogP contribution in [0.2, 0.25) is 0 Å². The average molecular weight is 398 g/mol. The smallest absolute Gasteiger partial charge is 0.322 e. The molecule has 1 atom stereocenters. The molecule has 2 amide bonds. The van der Waals surface area contributed by atoms with Gasteiger partial charge in [-0.05, 0) is 59.2 Å². The van der Waals surface area contributed by atoms with Crippen LogP contribution in [-0.4, -0.2) is 61.5 Å². The topological polar surface area (TPSA) is 79.0 Å². The molecule has 1 unspecified atom stereocenters. The second kappa shape index (κ2) is 7.77. The number of nitrogens with zero attached hydrogens (tertiary/aromatic N) is 2. The molecule has 1 heterocycles. The zero-order chi connectivity index (χ0) is 20.6. The van der Waals surface area contributed by atoms with Crippen molar-refractivity contribution in [1.82, 2.24) is 9.21 Å². The van der Waals surface area contributed by atoms with Crippen molar-refractivity contribution in [2.45, 2.75) is 64.2 Å². The summed E-state index contributed by atoms with van der Waals surface area (Å²) < 4.78 is 32.6. The van der Waals surface area contributed by atoms with Crippen molar-refractivity contribution in [2.24, 2.45) is 0 Å². The lowest BCUT2D eigenvalue weighted by Gasteiger charge is -2.41. The number of hydrogen-bond donors (Lipinski definition) is 1. The molecule has 0 aromatic heterocycles. The van der Waals surface area contributed by atoms with Crippen molar-refractivity contribution in [3.05, 3.63) is 23.8 Å². The molecule has 0 saturated carbocycles. The van der Waals surface area contributed by atoms with Crippen molar-refractivity contribution in [3.8, 4) is 0 Å². The molecule has 1 aliphatic rings. The highest BCUT2D eigenvalue weighted by molar-refractivity contribution is 7.89. The molecular weight excluding hydrogens is 366 g/mol. The fraction of sp³-hybridized carbons (Fsp3) is 0.632. The summed E-state index contributed by atoms with van der Waals surface area (Å²) in [4.78, 5) is 14.6.